The lowest BCUT2D eigenvalue weighted by molar-refractivity contribution is 0.0955. The minimum Gasteiger partial charge on any atom is -0.368 e. The van der Waals surface area contributed by atoms with Gasteiger partial charge in [-0.25, -0.2) is 9.97 Å². The zero-order valence-electron chi connectivity index (χ0n) is 12.8. The van der Waals surface area contributed by atoms with Crippen LogP contribution in [0.1, 0.15) is 10.4 Å². The van der Waals surface area contributed by atoms with Crippen molar-refractivity contribution in [2.75, 3.05) is 18.4 Å². The Morgan fingerprint density at radius 3 is 2.58 bits per heavy atom. The maximum Gasteiger partial charge on any atom is 0.251 e. The summed E-state index contributed by atoms with van der Waals surface area (Å²) in [6.45, 7) is 1.07. The van der Waals surface area contributed by atoms with E-state index in [2.05, 4.69) is 36.5 Å². The molecule has 0 saturated carbocycles. The predicted octanol–water partition coefficient (Wildman–Crippen LogP) is 2.87. The quantitative estimate of drug-likeness (QED) is 0.639. The first-order valence-electron chi connectivity index (χ1n) is 7.45. The van der Waals surface area contributed by atoms with Crippen LogP contribution >= 0.6 is 15.9 Å². The summed E-state index contributed by atoms with van der Waals surface area (Å²) in [5, 5.41) is 6.04. The summed E-state index contributed by atoms with van der Waals surface area (Å²) in [7, 11) is 0. The Labute approximate surface area is 148 Å². The van der Waals surface area contributed by atoms with Crippen LogP contribution in [0.4, 0.5) is 5.82 Å². The number of hydrogen-bond donors (Lipinski definition) is 2. The molecule has 6 nitrogen and oxygen atoms in total. The molecule has 2 aromatic heterocycles. The molecule has 2 heterocycles. The van der Waals surface area contributed by atoms with Crippen molar-refractivity contribution in [3.63, 3.8) is 0 Å². The third-order valence-electron chi connectivity index (χ3n) is 3.34. The normalized spacial score (nSPS) is 10.4. The SMILES string of the molecule is O=C(NCCNc1cc(-n2cccc2)ncn1)c1ccc(Br)cc1. The third kappa shape index (κ3) is 4.20. The van der Waals surface area contributed by atoms with Crippen LogP contribution in [0.5, 0.6) is 0 Å². The van der Waals surface area contributed by atoms with Gasteiger partial charge in [-0.3, -0.25) is 4.79 Å². The van der Waals surface area contributed by atoms with E-state index in [9.17, 15) is 4.79 Å². The van der Waals surface area contributed by atoms with E-state index in [1.807, 2.05) is 47.3 Å². The maximum atomic E-state index is 12.0. The zero-order valence-corrected chi connectivity index (χ0v) is 14.4. The van der Waals surface area contributed by atoms with Gasteiger partial charge in [-0.05, 0) is 36.4 Å². The first-order valence-corrected chi connectivity index (χ1v) is 8.25. The Morgan fingerprint density at radius 2 is 1.83 bits per heavy atom. The van der Waals surface area contributed by atoms with Crippen LogP contribution in [0.3, 0.4) is 0 Å². The molecule has 0 fully saturated rings. The molecule has 0 aliphatic rings. The number of carbonyl (C=O) groups is 1. The second-order valence-electron chi connectivity index (χ2n) is 5.04. The Kier molecular flexibility index (Phi) is 5.22. The van der Waals surface area contributed by atoms with Gasteiger partial charge in [0.2, 0.25) is 0 Å². The smallest absolute Gasteiger partial charge is 0.251 e. The minimum atomic E-state index is -0.0972. The van der Waals surface area contributed by atoms with Gasteiger partial charge in [0.1, 0.15) is 18.0 Å². The zero-order chi connectivity index (χ0) is 16.8. The summed E-state index contributed by atoms with van der Waals surface area (Å²) in [4.78, 5) is 20.4. The Morgan fingerprint density at radius 1 is 1.08 bits per heavy atom. The molecule has 0 unspecified atom stereocenters. The van der Waals surface area contributed by atoms with Gasteiger partial charge in [-0.1, -0.05) is 15.9 Å². The lowest BCUT2D eigenvalue weighted by atomic mass is 10.2. The van der Waals surface area contributed by atoms with E-state index in [0.29, 0.717) is 24.5 Å². The van der Waals surface area contributed by atoms with E-state index in [4.69, 9.17) is 0 Å². The predicted molar refractivity (Wildman–Crippen MR) is 96.3 cm³/mol. The van der Waals surface area contributed by atoms with Crippen molar-refractivity contribution < 1.29 is 4.79 Å². The molecule has 3 aromatic rings. The van der Waals surface area contributed by atoms with Crippen LogP contribution in [0.15, 0.2) is 65.7 Å². The van der Waals surface area contributed by atoms with Crippen LogP contribution in [0.25, 0.3) is 5.82 Å². The molecule has 7 heteroatoms. The van der Waals surface area contributed by atoms with Crippen LogP contribution in [-0.2, 0) is 0 Å². The second-order valence-corrected chi connectivity index (χ2v) is 5.96. The van der Waals surface area contributed by atoms with Gasteiger partial charge in [0.25, 0.3) is 5.91 Å². The molecule has 1 aromatic carbocycles. The van der Waals surface area contributed by atoms with Gasteiger partial charge in [0.05, 0.1) is 0 Å². The molecule has 0 aliphatic carbocycles. The maximum absolute atomic E-state index is 12.0. The minimum absolute atomic E-state index is 0.0972. The molecule has 0 bridgehead atoms. The molecular weight excluding hydrogens is 370 g/mol. The Bertz CT molecular complexity index is 802. The van der Waals surface area contributed by atoms with Crippen molar-refractivity contribution in [2.24, 2.45) is 0 Å². The topological polar surface area (TPSA) is 71.8 Å². The highest BCUT2D eigenvalue weighted by molar-refractivity contribution is 9.10. The summed E-state index contributed by atoms with van der Waals surface area (Å²) >= 11 is 3.35. The number of hydrogen-bond acceptors (Lipinski definition) is 4. The highest BCUT2D eigenvalue weighted by atomic mass is 79.9. The van der Waals surface area contributed by atoms with E-state index >= 15 is 0 Å². The van der Waals surface area contributed by atoms with Crippen molar-refractivity contribution >= 4 is 27.7 Å². The number of carbonyl (C=O) groups excluding carboxylic acids is 1. The molecule has 1 amide bonds. The largest absolute Gasteiger partial charge is 0.368 e. The molecular formula is C17H16BrN5O. The highest BCUT2D eigenvalue weighted by Gasteiger charge is 2.04. The fourth-order valence-corrected chi connectivity index (χ4v) is 2.41. The van der Waals surface area contributed by atoms with Gasteiger partial charge in [-0.15, -0.1) is 0 Å². The molecule has 0 aliphatic heterocycles. The third-order valence-corrected chi connectivity index (χ3v) is 3.87. The van der Waals surface area contributed by atoms with Crippen LogP contribution < -0.4 is 10.6 Å². The van der Waals surface area contributed by atoms with Crippen LogP contribution in [0, 0.1) is 0 Å². The molecule has 0 saturated heterocycles. The van der Waals surface area contributed by atoms with Crippen molar-refractivity contribution in [1.29, 1.82) is 0 Å². The van der Waals surface area contributed by atoms with E-state index in [1.165, 1.54) is 6.33 Å². The number of nitrogens with zero attached hydrogens (tertiary/aromatic N) is 3. The second kappa shape index (κ2) is 7.74. The van der Waals surface area contributed by atoms with Gasteiger partial charge >= 0.3 is 0 Å². The van der Waals surface area contributed by atoms with E-state index in [-0.39, 0.29) is 5.91 Å². The van der Waals surface area contributed by atoms with Crippen molar-refractivity contribution in [3.8, 4) is 5.82 Å². The molecule has 3 rings (SSSR count). The first kappa shape index (κ1) is 16.2. The van der Waals surface area contributed by atoms with E-state index < -0.39 is 0 Å². The lowest BCUT2D eigenvalue weighted by Crippen LogP contribution is -2.28. The number of nitrogens with one attached hydrogen (secondary N) is 2. The van der Waals surface area contributed by atoms with Crippen molar-refractivity contribution in [3.05, 3.63) is 71.2 Å². The number of anilines is 1. The summed E-state index contributed by atoms with van der Waals surface area (Å²) in [6, 6.07) is 13.0. The Balaban J connectivity index is 1.49. The number of halogens is 1. The fourth-order valence-electron chi connectivity index (χ4n) is 2.14. The fraction of sp³-hybridized carbons (Fsp3) is 0.118. The summed E-state index contributed by atoms with van der Waals surface area (Å²) in [5.41, 5.74) is 0.634. The summed E-state index contributed by atoms with van der Waals surface area (Å²) in [6.07, 6.45) is 5.35. The van der Waals surface area contributed by atoms with E-state index in [1.54, 1.807) is 12.1 Å². The van der Waals surface area contributed by atoms with Crippen molar-refractivity contribution in [1.82, 2.24) is 19.9 Å². The van der Waals surface area contributed by atoms with Gasteiger partial charge in [-0.2, -0.15) is 0 Å². The summed E-state index contributed by atoms with van der Waals surface area (Å²) in [5.74, 6) is 1.41. The average molecular weight is 386 g/mol. The number of aromatic nitrogens is 3. The molecule has 122 valence electrons. The lowest BCUT2D eigenvalue weighted by Gasteiger charge is -2.09. The first-order chi connectivity index (χ1) is 11.7. The Hall–Kier alpha value is -2.67. The van der Waals surface area contributed by atoms with Crippen LogP contribution in [-0.4, -0.2) is 33.5 Å². The van der Waals surface area contributed by atoms with Crippen LogP contribution in [0.2, 0.25) is 0 Å². The standard InChI is InChI=1S/C17H16BrN5O/c18-14-5-3-13(4-6-14)17(24)20-8-7-19-15-11-16(22-12-21-15)23-9-1-2-10-23/h1-6,9-12H,7-8H2,(H,20,24)(H,19,21,22). The molecule has 0 spiro atoms. The monoisotopic (exact) mass is 385 g/mol. The van der Waals surface area contributed by atoms with Crippen molar-refractivity contribution in [2.45, 2.75) is 0 Å². The average Bonchev–Trinajstić information content (AvgIpc) is 3.14. The highest BCUT2D eigenvalue weighted by Crippen LogP contribution is 2.10. The molecule has 0 radical (unpaired) electrons. The number of benzene rings is 1. The number of rotatable bonds is 6. The molecule has 24 heavy (non-hydrogen) atoms. The van der Waals surface area contributed by atoms with Gasteiger partial charge in [0.15, 0.2) is 0 Å². The van der Waals surface area contributed by atoms with Gasteiger partial charge < -0.3 is 15.2 Å². The summed E-state index contributed by atoms with van der Waals surface area (Å²) < 4.78 is 2.85. The van der Waals surface area contributed by atoms with E-state index in [0.717, 1.165) is 10.3 Å². The number of amides is 1. The van der Waals surface area contributed by atoms with Gasteiger partial charge in [0, 0.05) is 41.6 Å². The molecule has 2 N–H and O–H groups in total. The molecule has 0 atom stereocenters.